The molecule has 2 nitrogen and oxygen atoms in total. The molecule has 3 aromatic carbocycles. The van der Waals surface area contributed by atoms with E-state index in [4.69, 9.17) is 4.74 Å². The first kappa shape index (κ1) is 27.0. The van der Waals surface area contributed by atoms with Gasteiger partial charge >= 0.3 is 6.11 Å². The van der Waals surface area contributed by atoms with Gasteiger partial charge in [-0.2, -0.15) is 13.2 Å². The summed E-state index contributed by atoms with van der Waals surface area (Å²) >= 11 is 0. The first-order valence-corrected chi connectivity index (χ1v) is 11.9. The van der Waals surface area contributed by atoms with Gasteiger partial charge in [0.15, 0.2) is 17.4 Å². The van der Waals surface area contributed by atoms with Gasteiger partial charge in [-0.15, -0.1) is 0 Å². The van der Waals surface area contributed by atoms with Gasteiger partial charge in [-0.3, -0.25) is 0 Å². The fourth-order valence-corrected chi connectivity index (χ4v) is 4.61. The molecule has 4 rings (SSSR count). The summed E-state index contributed by atoms with van der Waals surface area (Å²) in [5.74, 6) is -9.81. The van der Waals surface area contributed by atoms with Gasteiger partial charge in [0.2, 0.25) is 5.82 Å². The summed E-state index contributed by atoms with van der Waals surface area (Å²) in [7, 11) is 0. The second-order valence-corrected chi connectivity index (χ2v) is 9.24. The smallest absolute Gasteiger partial charge is 0.425 e. The number of alkyl halides is 2. The lowest BCUT2D eigenvalue weighted by Crippen LogP contribution is -2.26. The van der Waals surface area contributed by atoms with Gasteiger partial charge in [0, 0.05) is 0 Å². The molecule has 0 bridgehead atoms. The van der Waals surface area contributed by atoms with Crippen molar-refractivity contribution >= 4 is 0 Å². The summed E-state index contributed by atoms with van der Waals surface area (Å²) in [6, 6.07) is 8.58. The van der Waals surface area contributed by atoms with E-state index < -0.39 is 52.1 Å². The fourth-order valence-electron chi connectivity index (χ4n) is 4.61. The van der Waals surface area contributed by atoms with Crippen molar-refractivity contribution < 1.29 is 40.2 Å². The lowest BCUT2D eigenvalue weighted by atomic mass is 9.91. The van der Waals surface area contributed by atoms with E-state index in [1.165, 1.54) is 0 Å². The summed E-state index contributed by atoms with van der Waals surface area (Å²) in [4.78, 5) is 0. The second kappa shape index (κ2) is 10.7. The van der Waals surface area contributed by atoms with Crippen molar-refractivity contribution in [3.8, 4) is 16.9 Å². The minimum Gasteiger partial charge on any atom is -0.425 e. The van der Waals surface area contributed by atoms with Gasteiger partial charge in [0.05, 0.1) is 12.7 Å². The summed E-state index contributed by atoms with van der Waals surface area (Å²) in [5.41, 5.74) is -1.03. The standard InChI is InChI=1S/C28H25F7O2/c1-3-4-16-5-10-23(36-14-16)18-8-6-17(7-9-18)19-12-20(29)24(21(30)13-19)28(34,35)37-27-15(2)11-22(31)25(32)26(27)33/h6-9,11-13,16,23H,3-5,10,14H2,1-2H3. The molecule has 1 heterocycles. The molecule has 37 heavy (non-hydrogen) atoms. The molecular formula is C28H25F7O2. The van der Waals surface area contributed by atoms with Crippen LogP contribution in [0.15, 0.2) is 42.5 Å². The van der Waals surface area contributed by atoms with E-state index in [0.717, 1.165) is 38.2 Å². The molecule has 2 atom stereocenters. The molecule has 3 aromatic rings. The lowest BCUT2D eigenvalue weighted by Gasteiger charge is -2.29. The maximum absolute atomic E-state index is 14.8. The molecule has 1 saturated heterocycles. The summed E-state index contributed by atoms with van der Waals surface area (Å²) < 4.78 is 110. The second-order valence-electron chi connectivity index (χ2n) is 9.24. The highest BCUT2D eigenvalue weighted by Crippen LogP contribution is 2.40. The van der Waals surface area contributed by atoms with Crippen LogP contribution in [0.3, 0.4) is 0 Å². The Bertz CT molecular complexity index is 1240. The molecule has 0 aliphatic carbocycles. The third-order valence-electron chi connectivity index (χ3n) is 6.55. The maximum atomic E-state index is 14.8. The number of hydrogen-bond donors (Lipinski definition) is 0. The molecule has 0 amide bonds. The summed E-state index contributed by atoms with van der Waals surface area (Å²) in [5, 5.41) is 0. The van der Waals surface area contributed by atoms with Crippen molar-refractivity contribution in [2.75, 3.05) is 6.61 Å². The molecule has 0 spiro atoms. The number of halogens is 7. The molecule has 0 saturated carbocycles. The third-order valence-corrected chi connectivity index (χ3v) is 6.55. The van der Waals surface area contributed by atoms with Crippen LogP contribution >= 0.6 is 0 Å². The maximum Gasteiger partial charge on any atom is 0.432 e. The van der Waals surface area contributed by atoms with E-state index in [1.54, 1.807) is 24.3 Å². The van der Waals surface area contributed by atoms with Gasteiger partial charge in [-0.25, -0.2) is 17.6 Å². The van der Waals surface area contributed by atoms with Crippen molar-refractivity contribution in [3.63, 3.8) is 0 Å². The van der Waals surface area contributed by atoms with Gasteiger partial charge in [0.25, 0.3) is 0 Å². The molecule has 1 aliphatic heterocycles. The first-order valence-electron chi connectivity index (χ1n) is 11.9. The van der Waals surface area contributed by atoms with Gasteiger partial charge in [0.1, 0.15) is 17.2 Å². The Balaban J connectivity index is 1.55. The highest BCUT2D eigenvalue weighted by atomic mass is 19.3. The monoisotopic (exact) mass is 526 g/mol. The van der Waals surface area contributed by atoms with E-state index in [9.17, 15) is 30.7 Å². The summed E-state index contributed by atoms with van der Waals surface area (Å²) in [6.07, 6.45) is -0.705. The Morgan fingerprint density at radius 2 is 1.51 bits per heavy atom. The van der Waals surface area contributed by atoms with Gasteiger partial charge < -0.3 is 9.47 Å². The van der Waals surface area contributed by atoms with E-state index in [2.05, 4.69) is 11.7 Å². The predicted molar refractivity (Wildman–Crippen MR) is 124 cm³/mol. The van der Waals surface area contributed by atoms with E-state index in [-0.39, 0.29) is 11.7 Å². The van der Waals surface area contributed by atoms with Crippen molar-refractivity contribution in [2.24, 2.45) is 5.92 Å². The van der Waals surface area contributed by atoms with Crippen LogP contribution < -0.4 is 4.74 Å². The minimum absolute atomic E-state index is 0.0103. The Kier molecular flexibility index (Phi) is 7.83. The quantitative estimate of drug-likeness (QED) is 0.226. The van der Waals surface area contributed by atoms with Crippen LogP contribution in [0, 0.1) is 41.9 Å². The highest BCUT2D eigenvalue weighted by Gasteiger charge is 2.42. The number of benzene rings is 3. The van der Waals surface area contributed by atoms with Crippen LogP contribution in [-0.4, -0.2) is 6.61 Å². The molecule has 9 heteroatoms. The molecular weight excluding hydrogens is 501 g/mol. The molecule has 0 radical (unpaired) electrons. The van der Waals surface area contributed by atoms with Crippen LogP contribution in [0.25, 0.3) is 11.1 Å². The van der Waals surface area contributed by atoms with Crippen LogP contribution in [0.4, 0.5) is 30.7 Å². The topological polar surface area (TPSA) is 18.5 Å². The van der Waals surface area contributed by atoms with Crippen LogP contribution in [0.2, 0.25) is 0 Å². The summed E-state index contributed by atoms with van der Waals surface area (Å²) in [6.45, 7) is 3.78. The number of hydrogen-bond acceptors (Lipinski definition) is 2. The Morgan fingerprint density at radius 1 is 0.865 bits per heavy atom. The van der Waals surface area contributed by atoms with Crippen molar-refractivity contribution in [1.29, 1.82) is 0 Å². The molecule has 0 N–H and O–H groups in total. The Morgan fingerprint density at radius 3 is 2.08 bits per heavy atom. The average molecular weight is 526 g/mol. The van der Waals surface area contributed by atoms with Gasteiger partial charge in [-0.05, 0) is 72.6 Å². The fraction of sp³-hybridized carbons (Fsp3) is 0.357. The molecule has 2 unspecified atom stereocenters. The predicted octanol–water partition coefficient (Wildman–Crippen LogP) is 8.75. The molecule has 198 valence electrons. The first-order chi connectivity index (χ1) is 17.5. The van der Waals surface area contributed by atoms with Crippen molar-refractivity contribution in [3.05, 3.63) is 88.2 Å². The molecule has 0 aromatic heterocycles. The number of aryl methyl sites for hydroxylation is 1. The Labute approximate surface area is 210 Å². The van der Waals surface area contributed by atoms with Gasteiger partial charge in [-0.1, -0.05) is 37.6 Å². The van der Waals surface area contributed by atoms with E-state index in [1.807, 2.05) is 0 Å². The number of rotatable bonds is 7. The van der Waals surface area contributed by atoms with E-state index in [0.29, 0.717) is 36.3 Å². The molecule has 1 aliphatic rings. The zero-order valence-corrected chi connectivity index (χ0v) is 20.2. The number of ether oxygens (including phenoxy) is 2. The zero-order chi connectivity index (χ0) is 26.9. The highest BCUT2D eigenvalue weighted by molar-refractivity contribution is 5.64. The minimum atomic E-state index is -4.72. The van der Waals surface area contributed by atoms with Crippen molar-refractivity contribution in [1.82, 2.24) is 0 Å². The normalized spacial score (nSPS) is 18.2. The van der Waals surface area contributed by atoms with Crippen molar-refractivity contribution in [2.45, 2.75) is 51.7 Å². The molecule has 1 fully saturated rings. The Hall–Kier alpha value is -3.07. The van der Waals surface area contributed by atoms with Crippen LogP contribution in [0.5, 0.6) is 5.75 Å². The largest absolute Gasteiger partial charge is 0.432 e. The van der Waals surface area contributed by atoms with Crippen LogP contribution in [-0.2, 0) is 10.8 Å². The zero-order valence-electron chi connectivity index (χ0n) is 20.2. The van der Waals surface area contributed by atoms with E-state index >= 15 is 0 Å². The third kappa shape index (κ3) is 5.61. The SMILES string of the molecule is CCCC1CCC(c2ccc(-c3cc(F)c(C(F)(F)Oc4c(C)cc(F)c(F)c4F)c(F)c3)cc2)OC1. The average Bonchev–Trinajstić information content (AvgIpc) is 2.85. The van der Waals surface area contributed by atoms with Crippen LogP contribution in [0.1, 0.15) is 55.4 Å². The lowest BCUT2D eigenvalue weighted by molar-refractivity contribution is -0.191.